The number of halogens is 4. The molecule has 0 bridgehead atoms. The van der Waals surface area contributed by atoms with Crippen LogP contribution in [0.25, 0.3) is 0 Å². The first-order valence-corrected chi connectivity index (χ1v) is 10.4. The maximum absolute atomic E-state index is 12.2. The fourth-order valence-electron chi connectivity index (χ4n) is 3.27. The highest BCUT2D eigenvalue weighted by Crippen LogP contribution is 2.25. The molecule has 10 heteroatoms. The van der Waals surface area contributed by atoms with Crippen LogP contribution in [0.3, 0.4) is 0 Å². The number of hydrogen-bond acceptors (Lipinski definition) is 4. The Morgan fingerprint density at radius 1 is 1.20 bits per heavy atom. The van der Waals surface area contributed by atoms with Gasteiger partial charge in [0.15, 0.2) is 5.96 Å². The Labute approximate surface area is 195 Å². The van der Waals surface area contributed by atoms with Crippen LogP contribution in [0.15, 0.2) is 46.8 Å². The molecule has 1 aromatic carbocycles. The van der Waals surface area contributed by atoms with Crippen LogP contribution in [0.5, 0.6) is 5.75 Å². The van der Waals surface area contributed by atoms with Crippen LogP contribution in [0.1, 0.15) is 18.4 Å². The fraction of sp³-hybridized carbons (Fsp3) is 0.450. The number of ether oxygens (including phenoxy) is 1. The Bertz CT molecular complexity index is 776. The number of anilines is 1. The van der Waals surface area contributed by atoms with E-state index in [1.54, 1.807) is 30.5 Å². The highest BCUT2D eigenvalue weighted by molar-refractivity contribution is 14.0. The standard InChI is InChI=1S/C20H25F3N4OS.HI/c1-24-19(26-16-9-12-27(13-10-16)18-3-2-14-29-18)25-11-8-15-4-6-17(7-5-15)28-20(21,22)23;/h2-7,14,16H,8-13H2,1H3,(H2,24,25,26);1H. The van der Waals surface area contributed by atoms with E-state index >= 15 is 0 Å². The van der Waals surface area contributed by atoms with Crippen molar-refractivity contribution in [2.45, 2.75) is 31.7 Å². The molecule has 0 spiro atoms. The van der Waals surface area contributed by atoms with Gasteiger partial charge in [-0.1, -0.05) is 12.1 Å². The molecule has 1 aliphatic heterocycles. The lowest BCUT2D eigenvalue weighted by atomic mass is 10.1. The zero-order valence-corrected chi connectivity index (χ0v) is 19.8. The van der Waals surface area contributed by atoms with Gasteiger partial charge in [-0.2, -0.15) is 0 Å². The molecule has 0 saturated carbocycles. The lowest BCUT2D eigenvalue weighted by molar-refractivity contribution is -0.274. The molecule has 30 heavy (non-hydrogen) atoms. The number of nitrogens with zero attached hydrogens (tertiary/aromatic N) is 2. The van der Waals surface area contributed by atoms with Crippen LogP contribution >= 0.6 is 35.3 Å². The summed E-state index contributed by atoms with van der Waals surface area (Å²) in [7, 11) is 1.74. The second kappa shape index (κ2) is 11.6. The maximum atomic E-state index is 12.2. The molecule has 0 amide bonds. The van der Waals surface area contributed by atoms with E-state index in [-0.39, 0.29) is 29.7 Å². The van der Waals surface area contributed by atoms with Gasteiger partial charge < -0.3 is 20.3 Å². The second-order valence-corrected chi connectivity index (χ2v) is 7.72. The van der Waals surface area contributed by atoms with Gasteiger partial charge in [-0.05, 0) is 54.5 Å². The monoisotopic (exact) mass is 554 g/mol. The van der Waals surface area contributed by atoms with Crippen LogP contribution in [-0.2, 0) is 6.42 Å². The summed E-state index contributed by atoms with van der Waals surface area (Å²) in [6.45, 7) is 2.66. The third-order valence-corrected chi connectivity index (χ3v) is 5.67. The number of piperidine rings is 1. The first-order chi connectivity index (χ1) is 13.9. The summed E-state index contributed by atoms with van der Waals surface area (Å²) in [5.41, 5.74) is 0.923. The summed E-state index contributed by atoms with van der Waals surface area (Å²) < 4.78 is 40.5. The molecule has 2 heterocycles. The lowest BCUT2D eigenvalue weighted by Gasteiger charge is -2.33. The molecule has 1 fully saturated rings. The van der Waals surface area contributed by atoms with Gasteiger partial charge in [0.1, 0.15) is 5.75 Å². The van der Waals surface area contributed by atoms with Gasteiger partial charge >= 0.3 is 6.36 Å². The topological polar surface area (TPSA) is 48.9 Å². The predicted octanol–water partition coefficient (Wildman–Crippen LogP) is 4.64. The van der Waals surface area contributed by atoms with Gasteiger partial charge in [0.2, 0.25) is 0 Å². The van der Waals surface area contributed by atoms with Crippen LogP contribution < -0.4 is 20.3 Å². The Kier molecular flexibility index (Phi) is 9.53. The van der Waals surface area contributed by atoms with Crippen molar-refractivity contribution in [2.75, 3.05) is 31.6 Å². The molecule has 1 aromatic heterocycles. The number of rotatable bonds is 6. The predicted molar refractivity (Wildman–Crippen MR) is 126 cm³/mol. The van der Waals surface area contributed by atoms with Crippen LogP contribution in [0.4, 0.5) is 18.2 Å². The minimum Gasteiger partial charge on any atom is -0.406 e. The molecule has 2 aromatic rings. The van der Waals surface area contributed by atoms with Crippen LogP contribution in [0.2, 0.25) is 0 Å². The van der Waals surface area contributed by atoms with Gasteiger partial charge in [0.05, 0.1) is 5.00 Å². The molecular weight excluding hydrogens is 528 g/mol. The van der Waals surface area contributed by atoms with E-state index in [0.717, 1.165) is 37.5 Å². The van der Waals surface area contributed by atoms with Crippen molar-refractivity contribution >= 4 is 46.3 Å². The summed E-state index contributed by atoms with van der Waals surface area (Å²) in [6.07, 6.45) is -1.91. The van der Waals surface area contributed by atoms with Crippen molar-refractivity contribution in [3.8, 4) is 5.75 Å². The van der Waals surface area contributed by atoms with E-state index in [2.05, 4.69) is 42.8 Å². The average molecular weight is 554 g/mol. The average Bonchev–Trinajstić information content (AvgIpc) is 3.23. The summed E-state index contributed by atoms with van der Waals surface area (Å²) in [6, 6.07) is 10.5. The molecule has 1 aliphatic rings. The molecule has 2 N–H and O–H groups in total. The van der Waals surface area contributed by atoms with Crippen molar-refractivity contribution in [2.24, 2.45) is 4.99 Å². The lowest BCUT2D eigenvalue weighted by Crippen LogP contribution is -2.49. The quantitative estimate of drug-likeness (QED) is 0.311. The number of benzene rings is 1. The molecular formula is C20H26F3IN4OS. The Balaban J connectivity index is 0.00000320. The Morgan fingerprint density at radius 2 is 1.90 bits per heavy atom. The number of guanidine groups is 1. The van der Waals surface area contributed by atoms with Crippen LogP contribution in [0, 0.1) is 0 Å². The van der Waals surface area contributed by atoms with E-state index < -0.39 is 6.36 Å². The molecule has 0 radical (unpaired) electrons. The number of thiophene rings is 1. The Morgan fingerprint density at radius 3 is 2.47 bits per heavy atom. The normalized spacial score (nSPS) is 15.5. The zero-order valence-electron chi connectivity index (χ0n) is 16.6. The zero-order chi connectivity index (χ0) is 20.7. The SMILES string of the molecule is CN=C(NCCc1ccc(OC(F)(F)F)cc1)NC1CCN(c2cccs2)CC1.I. The summed E-state index contributed by atoms with van der Waals surface area (Å²) in [5.74, 6) is 0.539. The number of nitrogens with one attached hydrogen (secondary N) is 2. The molecule has 0 aliphatic carbocycles. The summed E-state index contributed by atoms with van der Waals surface area (Å²) in [5, 5.41) is 10.2. The van der Waals surface area contributed by atoms with E-state index in [1.807, 2.05) is 0 Å². The van der Waals surface area contributed by atoms with Crippen molar-refractivity contribution in [3.05, 3.63) is 47.3 Å². The molecule has 0 atom stereocenters. The first kappa shape index (κ1) is 24.6. The van der Waals surface area contributed by atoms with Crippen molar-refractivity contribution < 1.29 is 17.9 Å². The molecule has 3 rings (SSSR count). The minimum atomic E-state index is -4.67. The van der Waals surface area contributed by atoms with Crippen molar-refractivity contribution in [1.82, 2.24) is 10.6 Å². The van der Waals surface area contributed by atoms with E-state index in [9.17, 15) is 13.2 Å². The van der Waals surface area contributed by atoms with Gasteiger partial charge in [-0.25, -0.2) is 0 Å². The summed E-state index contributed by atoms with van der Waals surface area (Å²) >= 11 is 1.77. The van der Waals surface area contributed by atoms with Gasteiger partial charge in [0, 0.05) is 32.7 Å². The highest BCUT2D eigenvalue weighted by atomic mass is 127. The van der Waals surface area contributed by atoms with E-state index in [0.29, 0.717) is 19.0 Å². The smallest absolute Gasteiger partial charge is 0.406 e. The number of hydrogen-bond donors (Lipinski definition) is 2. The van der Waals surface area contributed by atoms with Crippen LogP contribution in [-0.4, -0.2) is 45.0 Å². The highest BCUT2D eigenvalue weighted by Gasteiger charge is 2.30. The Hall–Kier alpha value is -1.69. The third kappa shape index (κ3) is 7.86. The van der Waals surface area contributed by atoms with Gasteiger partial charge in [-0.15, -0.1) is 48.5 Å². The van der Waals surface area contributed by atoms with Crippen molar-refractivity contribution in [1.29, 1.82) is 0 Å². The van der Waals surface area contributed by atoms with Crippen molar-refractivity contribution in [3.63, 3.8) is 0 Å². The van der Waals surface area contributed by atoms with E-state index in [1.165, 1.54) is 17.1 Å². The van der Waals surface area contributed by atoms with E-state index in [4.69, 9.17) is 0 Å². The summed E-state index contributed by atoms with van der Waals surface area (Å²) in [4.78, 5) is 6.68. The first-order valence-electron chi connectivity index (χ1n) is 9.53. The third-order valence-electron chi connectivity index (χ3n) is 4.74. The minimum absolute atomic E-state index is 0. The second-order valence-electron chi connectivity index (χ2n) is 6.80. The van der Waals surface area contributed by atoms with Gasteiger partial charge in [-0.3, -0.25) is 4.99 Å². The maximum Gasteiger partial charge on any atom is 0.573 e. The number of alkyl halides is 3. The molecule has 5 nitrogen and oxygen atoms in total. The molecule has 1 saturated heterocycles. The van der Waals surface area contributed by atoms with Gasteiger partial charge in [0.25, 0.3) is 0 Å². The largest absolute Gasteiger partial charge is 0.573 e. The fourth-order valence-corrected chi connectivity index (χ4v) is 4.05. The molecule has 166 valence electrons. The number of aliphatic imine (C=N–C) groups is 1. The molecule has 0 unspecified atom stereocenters.